The topological polar surface area (TPSA) is 57.6 Å². The van der Waals surface area contributed by atoms with E-state index in [-0.39, 0.29) is 11.4 Å². The van der Waals surface area contributed by atoms with Gasteiger partial charge in [-0.25, -0.2) is 8.42 Å². The maximum absolute atomic E-state index is 12.9. The third kappa shape index (κ3) is 2.59. The molecule has 4 nitrogen and oxygen atoms in total. The van der Waals surface area contributed by atoms with Crippen LogP contribution in [0.3, 0.4) is 0 Å². The standard InChI is InChI=1S/C18H13Cl2NO3S/c19-12-7-8-14(20)13(9-12)16(22)10-21-15-5-1-3-11-4-2-6-17(18(11)15)25(21,23)24/h1-9,16,22H,10H2. The Hall–Kier alpha value is -1.79. The third-order valence-electron chi connectivity index (χ3n) is 4.34. The summed E-state index contributed by atoms with van der Waals surface area (Å²) in [6, 6.07) is 15.3. The van der Waals surface area contributed by atoms with Gasteiger partial charge in [-0.2, -0.15) is 0 Å². The first kappa shape index (κ1) is 16.7. The Morgan fingerprint density at radius 2 is 1.76 bits per heavy atom. The molecular formula is C18H13Cl2NO3S. The fraction of sp³-hybridized carbons (Fsp3) is 0.111. The van der Waals surface area contributed by atoms with Crippen LogP contribution in [0, 0.1) is 0 Å². The average Bonchev–Trinajstić information content (AvgIpc) is 2.80. The number of hydrogen-bond acceptors (Lipinski definition) is 3. The minimum absolute atomic E-state index is 0.143. The number of nitrogens with zero attached hydrogens (tertiary/aromatic N) is 1. The summed E-state index contributed by atoms with van der Waals surface area (Å²) in [5.74, 6) is 0. The van der Waals surface area contributed by atoms with E-state index in [1.165, 1.54) is 4.31 Å². The van der Waals surface area contributed by atoms with Gasteiger partial charge < -0.3 is 5.11 Å². The summed E-state index contributed by atoms with van der Waals surface area (Å²) in [4.78, 5) is 0.255. The van der Waals surface area contributed by atoms with Crippen LogP contribution in [0.4, 0.5) is 5.69 Å². The molecule has 1 aliphatic heterocycles. The zero-order valence-electron chi connectivity index (χ0n) is 12.9. The molecule has 0 fully saturated rings. The number of β-amino-alcohol motifs (C(OH)–C–C–N with tert-alkyl or cyclic N) is 1. The Kier molecular flexibility index (Phi) is 3.92. The second kappa shape index (κ2) is 5.88. The van der Waals surface area contributed by atoms with E-state index in [1.807, 2.05) is 12.1 Å². The third-order valence-corrected chi connectivity index (χ3v) is 6.74. The molecule has 0 saturated carbocycles. The molecule has 1 N–H and O–H groups in total. The molecule has 1 aliphatic rings. The SMILES string of the molecule is O=S1(=O)c2cccc3cccc(c23)N1CC(O)c1cc(Cl)ccc1Cl. The van der Waals surface area contributed by atoms with Crippen molar-refractivity contribution >= 4 is 49.7 Å². The van der Waals surface area contributed by atoms with E-state index in [0.29, 0.717) is 26.7 Å². The predicted octanol–water partition coefficient (Wildman–Crippen LogP) is 4.39. The smallest absolute Gasteiger partial charge is 0.265 e. The van der Waals surface area contributed by atoms with Crippen LogP contribution in [-0.4, -0.2) is 20.1 Å². The van der Waals surface area contributed by atoms with Crippen LogP contribution in [0.5, 0.6) is 0 Å². The van der Waals surface area contributed by atoms with Crippen LogP contribution in [-0.2, 0) is 10.0 Å². The van der Waals surface area contributed by atoms with E-state index in [1.54, 1.807) is 42.5 Å². The molecule has 128 valence electrons. The summed E-state index contributed by atoms with van der Waals surface area (Å²) in [6.07, 6.45) is -1.11. The van der Waals surface area contributed by atoms with Gasteiger partial charge in [-0.05, 0) is 35.7 Å². The maximum Gasteiger partial charge on any atom is 0.265 e. The van der Waals surface area contributed by atoms with E-state index in [2.05, 4.69) is 0 Å². The van der Waals surface area contributed by atoms with Crippen molar-refractivity contribution in [1.29, 1.82) is 0 Å². The Balaban J connectivity index is 1.80. The Bertz CT molecular complexity index is 1090. The molecule has 1 heterocycles. The van der Waals surface area contributed by atoms with Gasteiger partial charge in [0.15, 0.2) is 0 Å². The number of anilines is 1. The van der Waals surface area contributed by atoms with E-state index in [4.69, 9.17) is 23.2 Å². The van der Waals surface area contributed by atoms with Crippen molar-refractivity contribution in [3.8, 4) is 0 Å². The van der Waals surface area contributed by atoms with Gasteiger partial charge in [-0.15, -0.1) is 0 Å². The predicted molar refractivity (Wildman–Crippen MR) is 99.9 cm³/mol. The maximum atomic E-state index is 12.9. The van der Waals surface area contributed by atoms with Gasteiger partial charge in [-0.3, -0.25) is 4.31 Å². The molecule has 0 bridgehead atoms. The summed E-state index contributed by atoms with van der Waals surface area (Å²) in [6.45, 7) is -0.143. The molecule has 3 aromatic carbocycles. The van der Waals surface area contributed by atoms with Gasteiger partial charge in [0.2, 0.25) is 0 Å². The lowest BCUT2D eigenvalue weighted by molar-refractivity contribution is 0.188. The molecule has 0 aromatic heterocycles. The molecule has 4 rings (SSSR count). The zero-order chi connectivity index (χ0) is 17.8. The second-order valence-corrected chi connectivity index (χ2v) is 8.52. The van der Waals surface area contributed by atoms with Crippen LogP contribution in [0.15, 0.2) is 59.5 Å². The first-order valence-corrected chi connectivity index (χ1v) is 9.77. The van der Waals surface area contributed by atoms with Crippen LogP contribution < -0.4 is 4.31 Å². The van der Waals surface area contributed by atoms with E-state index >= 15 is 0 Å². The van der Waals surface area contributed by atoms with Crippen LogP contribution in [0.2, 0.25) is 10.0 Å². The van der Waals surface area contributed by atoms with Crippen molar-refractivity contribution in [3.63, 3.8) is 0 Å². The zero-order valence-corrected chi connectivity index (χ0v) is 15.2. The lowest BCUT2D eigenvalue weighted by Gasteiger charge is -2.23. The number of benzene rings is 3. The first-order valence-electron chi connectivity index (χ1n) is 7.57. The number of aliphatic hydroxyl groups excluding tert-OH is 1. The van der Waals surface area contributed by atoms with Crippen molar-refractivity contribution in [3.05, 3.63) is 70.2 Å². The lowest BCUT2D eigenvalue weighted by atomic mass is 10.1. The fourth-order valence-corrected chi connectivity index (χ4v) is 5.32. The summed E-state index contributed by atoms with van der Waals surface area (Å²) in [7, 11) is -3.73. The summed E-state index contributed by atoms with van der Waals surface area (Å²) in [5, 5.41) is 12.9. The molecule has 7 heteroatoms. The second-order valence-electron chi connectivity index (χ2n) is 5.85. The Morgan fingerprint density at radius 1 is 1.04 bits per heavy atom. The van der Waals surface area contributed by atoms with Crippen molar-refractivity contribution < 1.29 is 13.5 Å². The fourth-order valence-electron chi connectivity index (χ4n) is 3.18. The number of halogens is 2. The highest BCUT2D eigenvalue weighted by atomic mass is 35.5. The van der Waals surface area contributed by atoms with Gasteiger partial charge in [-0.1, -0.05) is 47.5 Å². The van der Waals surface area contributed by atoms with Crippen LogP contribution >= 0.6 is 23.2 Å². The van der Waals surface area contributed by atoms with Crippen molar-refractivity contribution in [2.75, 3.05) is 10.8 Å². The molecular weight excluding hydrogens is 381 g/mol. The summed E-state index contributed by atoms with van der Waals surface area (Å²) >= 11 is 12.1. The quantitative estimate of drug-likeness (QED) is 0.717. The molecule has 0 saturated heterocycles. The van der Waals surface area contributed by atoms with Gasteiger partial charge >= 0.3 is 0 Å². The van der Waals surface area contributed by atoms with Gasteiger partial charge in [0.25, 0.3) is 10.0 Å². The van der Waals surface area contributed by atoms with Crippen molar-refractivity contribution in [1.82, 2.24) is 0 Å². The molecule has 0 radical (unpaired) electrons. The molecule has 0 spiro atoms. The highest BCUT2D eigenvalue weighted by Gasteiger charge is 2.36. The molecule has 3 aromatic rings. The average molecular weight is 394 g/mol. The van der Waals surface area contributed by atoms with Gasteiger partial charge in [0.05, 0.1) is 23.2 Å². The first-order chi connectivity index (χ1) is 11.9. The monoisotopic (exact) mass is 393 g/mol. The minimum Gasteiger partial charge on any atom is -0.386 e. The number of rotatable bonds is 3. The number of hydrogen-bond donors (Lipinski definition) is 1. The van der Waals surface area contributed by atoms with Crippen LogP contribution in [0.25, 0.3) is 10.8 Å². The van der Waals surface area contributed by atoms with E-state index in [9.17, 15) is 13.5 Å². The van der Waals surface area contributed by atoms with Gasteiger partial charge in [0.1, 0.15) is 0 Å². The van der Waals surface area contributed by atoms with Crippen molar-refractivity contribution in [2.24, 2.45) is 0 Å². The number of aliphatic hydroxyl groups is 1. The molecule has 1 unspecified atom stereocenters. The summed E-state index contributed by atoms with van der Waals surface area (Å²) < 4.78 is 27.1. The Labute approximate surface area is 155 Å². The number of sulfonamides is 1. The molecule has 1 atom stereocenters. The van der Waals surface area contributed by atoms with Crippen molar-refractivity contribution in [2.45, 2.75) is 11.0 Å². The molecule has 0 amide bonds. The summed E-state index contributed by atoms with van der Waals surface area (Å²) in [5.41, 5.74) is 0.956. The minimum atomic E-state index is -3.73. The van der Waals surface area contributed by atoms with Crippen LogP contribution in [0.1, 0.15) is 11.7 Å². The normalized spacial score (nSPS) is 16.4. The van der Waals surface area contributed by atoms with E-state index < -0.39 is 16.1 Å². The van der Waals surface area contributed by atoms with Gasteiger partial charge in [0, 0.05) is 21.0 Å². The molecule has 25 heavy (non-hydrogen) atoms. The highest BCUT2D eigenvalue weighted by Crippen LogP contribution is 2.43. The largest absolute Gasteiger partial charge is 0.386 e. The molecule has 0 aliphatic carbocycles. The van der Waals surface area contributed by atoms with E-state index in [0.717, 1.165) is 5.39 Å². The lowest BCUT2D eigenvalue weighted by Crippen LogP contribution is -2.31. The Morgan fingerprint density at radius 3 is 2.52 bits per heavy atom. The highest BCUT2D eigenvalue weighted by molar-refractivity contribution is 7.93.